The average Bonchev–Trinajstić information content (AvgIpc) is 2.53. The van der Waals surface area contributed by atoms with Gasteiger partial charge in [-0.3, -0.25) is 4.79 Å². The minimum absolute atomic E-state index is 0.130. The Morgan fingerprint density at radius 2 is 1.76 bits per heavy atom. The van der Waals surface area contributed by atoms with Crippen molar-refractivity contribution in [2.75, 3.05) is 12.3 Å². The Labute approximate surface area is 126 Å². The van der Waals surface area contributed by atoms with Crippen LogP contribution < -0.4 is 11.1 Å². The molecule has 21 heavy (non-hydrogen) atoms. The van der Waals surface area contributed by atoms with Gasteiger partial charge in [-0.25, -0.2) is 0 Å². The van der Waals surface area contributed by atoms with Gasteiger partial charge in [-0.1, -0.05) is 37.3 Å². The fourth-order valence-corrected chi connectivity index (χ4v) is 2.31. The number of benzene rings is 2. The van der Waals surface area contributed by atoms with E-state index in [1.54, 1.807) is 24.3 Å². The second kappa shape index (κ2) is 7.60. The molecule has 2 aromatic carbocycles. The highest BCUT2D eigenvalue weighted by atomic mass is 16.1. The van der Waals surface area contributed by atoms with Crippen molar-refractivity contribution in [3.8, 4) is 0 Å². The summed E-state index contributed by atoms with van der Waals surface area (Å²) >= 11 is 0. The Balaban J connectivity index is 1.90. The maximum absolute atomic E-state index is 12.4. The molecular weight excluding hydrogens is 260 g/mol. The van der Waals surface area contributed by atoms with Gasteiger partial charge < -0.3 is 11.1 Å². The van der Waals surface area contributed by atoms with Crippen LogP contribution in [-0.2, 0) is 6.42 Å². The summed E-state index contributed by atoms with van der Waals surface area (Å²) in [6, 6.07) is 17.3. The van der Waals surface area contributed by atoms with Crippen molar-refractivity contribution in [3.63, 3.8) is 0 Å². The number of nitrogen functional groups attached to an aromatic ring is 1. The van der Waals surface area contributed by atoms with Gasteiger partial charge in [-0.15, -0.1) is 0 Å². The van der Waals surface area contributed by atoms with Crippen LogP contribution in [-0.4, -0.2) is 18.4 Å². The molecule has 0 heterocycles. The van der Waals surface area contributed by atoms with Gasteiger partial charge >= 0.3 is 0 Å². The van der Waals surface area contributed by atoms with E-state index in [4.69, 9.17) is 5.73 Å². The molecule has 1 atom stereocenters. The number of hydrogen-bond acceptors (Lipinski definition) is 3. The van der Waals surface area contributed by atoms with Crippen molar-refractivity contribution in [2.24, 2.45) is 0 Å². The molecule has 0 aliphatic rings. The van der Waals surface area contributed by atoms with Crippen LogP contribution in [0.15, 0.2) is 54.6 Å². The number of Topliss-reactive ketones (excluding diaryl/α,β-unsaturated/α-hetero) is 1. The normalized spacial score (nSPS) is 12.0. The van der Waals surface area contributed by atoms with Crippen molar-refractivity contribution in [1.82, 2.24) is 5.32 Å². The topological polar surface area (TPSA) is 55.1 Å². The number of anilines is 1. The van der Waals surface area contributed by atoms with Gasteiger partial charge in [-0.05, 0) is 49.2 Å². The molecule has 3 nitrogen and oxygen atoms in total. The third kappa shape index (κ3) is 4.43. The van der Waals surface area contributed by atoms with Crippen LogP contribution >= 0.6 is 0 Å². The summed E-state index contributed by atoms with van der Waals surface area (Å²) in [5.41, 5.74) is 8.32. The summed E-state index contributed by atoms with van der Waals surface area (Å²) < 4.78 is 0. The van der Waals surface area contributed by atoms with Crippen molar-refractivity contribution >= 4 is 11.5 Å². The van der Waals surface area contributed by atoms with E-state index in [0.717, 1.165) is 19.4 Å². The van der Waals surface area contributed by atoms with Crippen LogP contribution in [0, 0.1) is 0 Å². The summed E-state index contributed by atoms with van der Waals surface area (Å²) in [6.45, 7) is 2.82. The third-order valence-electron chi connectivity index (χ3n) is 3.57. The molecule has 1 unspecified atom stereocenters. The highest BCUT2D eigenvalue weighted by Gasteiger charge is 2.17. The van der Waals surface area contributed by atoms with Crippen LogP contribution in [0.4, 0.5) is 5.69 Å². The zero-order chi connectivity index (χ0) is 15.1. The van der Waals surface area contributed by atoms with E-state index in [-0.39, 0.29) is 11.8 Å². The SMILES string of the molecule is CCC(NCCc1ccccc1)C(=O)c1ccc(N)cc1. The predicted octanol–water partition coefficient (Wildman–Crippen LogP) is 3.06. The van der Waals surface area contributed by atoms with Crippen molar-refractivity contribution < 1.29 is 4.79 Å². The van der Waals surface area contributed by atoms with Crippen LogP contribution in [0.25, 0.3) is 0 Å². The zero-order valence-corrected chi connectivity index (χ0v) is 12.4. The molecule has 0 fully saturated rings. The van der Waals surface area contributed by atoms with E-state index < -0.39 is 0 Å². The molecule has 0 saturated heterocycles. The standard InChI is InChI=1S/C18H22N2O/c1-2-17(18(21)15-8-10-16(19)11-9-15)20-13-12-14-6-4-3-5-7-14/h3-11,17,20H,2,12-13,19H2,1H3. The zero-order valence-electron chi connectivity index (χ0n) is 12.4. The predicted molar refractivity (Wildman–Crippen MR) is 87.4 cm³/mol. The van der Waals surface area contributed by atoms with Crippen molar-refractivity contribution in [3.05, 3.63) is 65.7 Å². The maximum Gasteiger partial charge on any atom is 0.179 e. The lowest BCUT2D eigenvalue weighted by Gasteiger charge is -2.16. The number of nitrogens with one attached hydrogen (secondary N) is 1. The van der Waals surface area contributed by atoms with Crippen LogP contribution in [0.1, 0.15) is 29.3 Å². The molecule has 0 bridgehead atoms. The van der Waals surface area contributed by atoms with Gasteiger partial charge in [-0.2, -0.15) is 0 Å². The Hall–Kier alpha value is -2.13. The van der Waals surface area contributed by atoms with E-state index in [2.05, 4.69) is 17.4 Å². The fourth-order valence-electron chi connectivity index (χ4n) is 2.31. The third-order valence-corrected chi connectivity index (χ3v) is 3.57. The van der Waals surface area contributed by atoms with E-state index in [9.17, 15) is 4.79 Å². The number of ketones is 1. The molecule has 0 radical (unpaired) electrons. The van der Waals surface area contributed by atoms with Gasteiger partial charge in [0.05, 0.1) is 6.04 Å². The lowest BCUT2D eigenvalue weighted by atomic mass is 10.0. The largest absolute Gasteiger partial charge is 0.399 e. The first-order valence-corrected chi connectivity index (χ1v) is 7.37. The van der Waals surface area contributed by atoms with Crippen molar-refractivity contribution in [1.29, 1.82) is 0 Å². The molecule has 0 spiro atoms. The van der Waals surface area contributed by atoms with Gasteiger partial charge in [0, 0.05) is 11.3 Å². The molecule has 0 aliphatic carbocycles. The lowest BCUT2D eigenvalue weighted by Crippen LogP contribution is -2.37. The number of carbonyl (C=O) groups is 1. The molecular formula is C18H22N2O. The first-order valence-electron chi connectivity index (χ1n) is 7.37. The Kier molecular flexibility index (Phi) is 5.52. The monoisotopic (exact) mass is 282 g/mol. The maximum atomic E-state index is 12.4. The van der Waals surface area contributed by atoms with E-state index in [1.807, 2.05) is 25.1 Å². The Morgan fingerprint density at radius 1 is 1.10 bits per heavy atom. The van der Waals surface area contributed by atoms with Crippen LogP contribution in [0.5, 0.6) is 0 Å². The fraction of sp³-hybridized carbons (Fsp3) is 0.278. The number of rotatable bonds is 7. The summed E-state index contributed by atoms with van der Waals surface area (Å²) in [6.07, 6.45) is 1.70. The quantitative estimate of drug-likeness (QED) is 0.606. The summed E-state index contributed by atoms with van der Waals surface area (Å²) in [4.78, 5) is 12.4. The van der Waals surface area contributed by atoms with Gasteiger partial charge in [0.1, 0.15) is 0 Å². The molecule has 0 saturated carbocycles. The van der Waals surface area contributed by atoms with Crippen LogP contribution in [0.3, 0.4) is 0 Å². The highest BCUT2D eigenvalue weighted by Crippen LogP contribution is 2.10. The molecule has 2 rings (SSSR count). The number of nitrogens with two attached hydrogens (primary N) is 1. The Bertz CT molecular complexity index is 564. The minimum Gasteiger partial charge on any atom is -0.399 e. The summed E-state index contributed by atoms with van der Waals surface area (Å²) in [5, 5.41) is 3.35. The molecule has 2 aromatic rings. The molecule has 110 valence electrons. The number of hydrogen-bond donors (Lipinski definition) is 2. The van der Waals surface area contributed by atoms with E-state index in [0.29, 0.717) is 11.3 Å². The number of carbonyl (C=O) groups excluding carboxylic acids is 1. The second-order valence-electron chi connectivity index (χ2n) is 5.14. The molecule has 3 N–H and O–H groups in total. The molecule has 0 amide bonds. The molecule has 0 aromatic heterocycles. The molecule has 0 aliphatic heterocycles. The Morgan fingerprint density at radius 3 is 2.38 bits per heavy atom. The van der Waals surface area contributed by atoms with Crippen molar-refractivity contribution in [2.45, 2.75) is 25.8 Å². The first-order chi connectivity index (χ1) is 10.2. The second-order valence-corrected chi connectivity index (χ2v) is 5.14. The minimum atomic E-state index is -0.141. The lowest BCUT2D eigenvalue weighted by molar-refractivity contribution is 0.0941. The highest BCUT2D eigenvalue weighted by molar-refractivity contribution is 6.00. The smallest absolute Gasteiger partial charge is 0.179 e. The van der Waals surface area contributed by atoms with E-state index >= 15 is 0 Å². The van der Waals surface area contributed by atoms with Gasteiger partial charge in [0.25, 0.3) is 0 Å². The first kappa shape index (κ1) is 15.3. The summed E-state index contributed by atoms with van der Waals surface area (Å²) in [5.74, 6) is 0.130. The van der Waals surface area contributed by atoms with Gasteiger partial charge in [0.2, 0.25) is 0 Å². The van der Waals surface area contributed by atoms with Crippen LogP contribution in [0.2, 0.25) is 0 Å². The summed E-state index contributed by atoms with van der Waals surface area (Å²) in [7, 11) is 0. The van der Waals surface area contributed by atoms with E-state index in [1.165, 1.54) is 5.56 Å². The molecule has 3 heteroatoms. The van der Waals surface area contributed by atoms with Gasteiger partial charge in [0.15, 0.2) is 5.78 Å². The average molecular weight is 282 g/mol.